The molecule has 1 aromatic carbocycles. The third-order valence-electron chi connectivity index (χ3n) is 5.82. The highest BCUT2D eigenvalue weighted by molar-refractivity contribution is 5.60. The summed E-state index contributed by atoms with van der Waals surface area (Å²) in [7, 11) is 0. The van der Waals surface area contributed by atoms with Crippen molar-refractivity contribution in [2.24, 2.45) is 11.8 Å². The molecular formula is C24H33NO. The molecule has 140 valence electrons. The first-order valence-electron chi connectivity index (χ1n) is 10.5. The molecular weight excluding hydrogens is 318 g/mol. The molecule has 0 bridgehead atoms. The van der Waals surface area contributed by atoms with Gasteiger partial charge >= 0.3 is 0 Å². The molecule has 1 aromatic heterocycles. The summed E-state index contributed by atoms with van der Waals surface area (Å²) in [5, 5.41) is 0. The van der Waals surface area contributed by atoms with Crippen molar-refractivity contribution in [1.29, 1.82) is 0 Å². The second-order valence-electron chi connectivity index (χ2n) is 7.79. The Morgan fingerprint density at radius 1 is 0.923 bits per heavy atom. The van der Waals surface area contributed by atoms with Crippen LogP contribution >= 0.6 is 0 Å². The van der Waals surface area contributed by atoms with E-state index in [9.17, 15) is 0 Å². The van der Waals surface area contributed by atoms with Crippen LogP contribution in [0.5, 0.6) is 5.75 Å². The highest BCUT2D eigenvalue weighted by Crippen LogP contribution is 2.31. The van der Waals surface area contributed by atoms with E-state index in [1.165, 1.54) is 50.5 Å². The smallest absolute Gasteiger partial charge is 0.119 e. The molecule has 1 fully saturated rings. The van der Waals surface area contributed by atoms with Gasteiger partial charge in [-0.15, -0.1) is 0 Å². The number of unbranched alkanes of at least 4 members (excludes halogenated alkanes) is 1. The number of ether oxygens (including phenoxy) is 1. The normalized spacial score (nSPS) is 20.1. The van der Waals surface area contributed by atoms with Crippen LogP contribution in [0.4, 0.5) is 0 Å². The largest absolute Gasteiger partial charge is 0.493 e. The molecule has 1 saturated carbocycles. The molecule has 2 nitrogen and oxygen atoms in total. The van der Waals surface area contributed by atoms with Crippen molar-refractivity contribution in [3.63, 3.8) is 0 Å². The Morgan fingerprint density at radius 2 is 1.65 bits per heavy atom. The average Bonchev–Trinajstić information content (AvgIpc) is 2.72. The predicted octanol–water partition coefficient (Wildman–Crippen LogP) is 6.69. The molecule has 2 heteroatoms. The van der Waals surface area contributed by atoms with Gasteiger partial charge in [0, 0.05) is 11.8 Å². The van der Waals surface area contributed by atoms with Crippen molar-refractivity contribution >= 4 is 0 Å². The Labute approximate surface area is 159 Å². The molecule has 0 amide bonds. The van der Waals surface area contributed by atoms with Crippen LogP contribution in [0.2, 0.25) is 0 Å². The molecule has 3 rings (SSSR count). The number of aromatic nitrogens is 1. The lowest BCUT2D eigenvalue weighted by molar-refractivity contribution is 0.181. The zero-order valence-corrected chi connectivity index (χ0v) is 16.4. The summed E-state index contributed by atoms with van der Waals surface area (Å²) in [5.41, 5.74) is 3.52. The zero-order valence-electron chi connectivity index (χ0n) is 16.4. The van der Waals surface area contributed by atoms with E-state index in [1.807, 2.05) is 6.20 Å². The monoisotopic (exact) mass is 351 g/mol. The Balaban J connectivity index is 1.50. The van der Waals surface area contributed by atoms with Gasteiger partial charge in [0.25, 0.3) is 0 Å². The number of benzene rings is 1. The SMILES string of the molecule is CCCCc1ccc(-c2ccc(OCC3CCC(CC)CC3)cc2)nc1. The van der Waals surface area contributed by atoms with E-state index in [0.717, 1.165) is 41.9 Å². The lowest BCUT2D eigenvalue weighted by atomic mass is 9.81. The van der Waals surface area contributed by atoms with Gasteiger partial charge in [0.05, 0.1) is 12.3 Å². The Hall–Kier alpha value is -1.83. The van der Waals surface area contributed by atoms with Crippen LogP contribution in [0.15, 0.2) is 42.6 Å². The van der Waals surface area contributed by atoms with Crippen LogP contribution in [0, 0.1) is 11.8 Å². The summed E-state index contributed by atoms with van der Waals surface area (Å²) in [6.07, 6.45) is 12.3. The summed E-state index contributed by atoms with van der Waals surface area (Å²) in [5.74, 6) is 2.66. The minimum absolute atomic E-state index is 0.731. The van der Waals surface area contributed by atoms with Gasteiger partial charge in [-0.2, -0.15) is 0 Å². The van der Waals surface area contributed by atoms with E-state index >= 15 is 0 Å². The molecule has 0 atom stereocenters. The van der Waals surface area contributed by atoms with E-state index in [4.69, 9.17) is 4.74 Å². The standard InChI is InChI=1S/C24H33NO/c1-3-5-6-20-11-16-24(25-17-20)22-12-14-23(15-13-22)26-18-21-9-7-19(4-2)8-10-21/h11-17,19,21H,3-10,18H2,1-2H3. The van der Waals surface area contributed by atoms with E-state index in [-0.39, 0.29) is 0 Å². The van der Waals surface area contributed by atoms with Crippen molar-refractivity contribution < 1.29 is 4.74 Å². The first-order valence-corrected chi connectivity index (χ1v) is 10.5. The number of hydrogen-bond acceptors (Lipinski definition) is 2. The number of nitrogens with zero attached hydrogens (tertiary/aromatic N) is 1. The minimum Gasteiger partial charge on any atom is -0.493 e. The van der Waals surface area contributed by atoms with Crippen molar-refractivity contribution in [2.75, 3.05) is 6.61 Å². The first-order chi connectivity index (χ1) is 12.8. The van der Waals surface area contributed by atoms with Crippen LogP contribution in [0.3, 0.4) is 0 Å². The van der Waals surface area contributed by atoms with Crippen molar-refractivity contribution in [3.8, 4) is 17.0 Å². The van der Waals surface area contributed by atoms with Crippen molar-refractivity contribution in [3.05, 3.63) is 48.2 Å². The van der Waals surface area contributed by atoms with Crippen LogP contribution in [0.1, 0.15) is 64.4 Å². The van der Waals surface area contributed by atoms with E-state index in [1.54, 1.807) is 0 Å². The van der Waals surface area contributed by atoms with Crippen molar-refractivity contribution in [1.82, 2.24) is 4.98 Å². The Bertz CT molecular complexity index is 639. The lowest BCUT2D eigenvalue weighted by Crippen LogP contribution is -2.19. The third-order valence-corrected chi connectivity index (χ3v) is 5.82. The topological polar surface area (TPSA) is 22.1 Å². The fraction of sp³-hybridized carbons (Fsp3) is 0.542. The number of hydrogen-bond donors (Lipinski definition) is 0. The molecule has 26 heavy (non-hydrogen) atoms. The van der Waals surface area contributed by atoms with Crippen LogP contribution in [-0.2, 0) is 6.42 Å². The molecule has 1 aliphatic carbocycles. The van der Waals surface area contributed by atoms with E-state index in [2.05, 4.69) is 55.2 Å². The second-order valence-corrected chi connectivity index (χ2v) is 7.79. The van der Waals surface area contributed by atoms with E-state index < -0.39 is 0 Å². The van der Waals surface area contributed by atoms with Gasteiger partial charge in [-0.05, 0) is 73.4 Å². The lowest BCUT2D eigenvalue weighted by Gasteiger charge is -2.27. The number of aryl methyl sites for hydroxylation is 1. The Morgan fingerprint density at radius 3 is 2.27 bits per heavy atom. The average molecular weight is 352 g/mol. The summed E-state index contributed by atoms with van der Waals surface area (Å²) in [4.78, 5) is 4.63. The van der Waals surface area contributed by atoms with Crippen LogP contribution in [0.25, 0.3) is 11.3 Å². The summed E-state index contributed by atoms with van der Waals surface area (Å²) >= 11 is 0. The molecule has 0 aliphatic heterocycles. The van der Waals surface area contributed by atoms with Gasteiger partial charge in [0.2, 0.25) is 0 Å². The summed E-state index contributed by atoms with van der Waals surface area (Å²) < 4.78 is 6.05. The maximum atomic E-state index is 6.05. The minimum atomic E-state index is 0.731. The highest BCUT2D eigenvalue weighted by Gasteiger charge is 2.20. The molecule has 2 aromatic rings. The van der Waals surface area contributed by atoms with Gasteiger partial charge in [0.1, 0.15) is 5.75 Å². The molecule has 0 saturated heterocycles. The maximum absolute atomic E-state index is 6.05. The Kier molecular flexibility index (Phi) is 7.11. The third kappa shape index (κ3) is 5.33. The molecule has 1 aliphatic rings. The highest BCUT2D eigenvalue weighted by atomic mass is 16.5. The molecule has 0 radical (unpaired) electrons. The fourth-order valence-electron chi connectivity index (χ4n) is 3.87. The zero-order chi connectivity index (χ0) is 18.2. The fourth-order valence-corrected chi connectivity index (χ4v) is 3.87. The molecule has 0 spiro atoms. The maximum Gasteiger partial charge on any atom is 0.119 e. The molecule has 1 heterocycles. The predicted molar refractivity (Wildman–Crippen MR) is 110 cm³/mol. The quantitative estimate of drug-likeness (QED) is 0.529. The number of pyridine rings is 1. The van der Waals surface area contributed by atoms with Crippen LogP contribution < -0.4 is 4.74 Å². The van der Waals surface area contributed by atoms with Crippen LogP contribution in [-0.4, -0.2) is 11.6 Å². The summed E-state index contributed by atoms with van der Waals surface area (Å²) in [6.45, 7) is 5.40. The summed E-state index contributed by atoms with van der Waals surface area (Å²) in [6, 6.07) is 12.7. The van der Waals surface area contributed by atoms with Crippen molar-refractivity contribution in [2.45, 2.75) is 65.2 Å². The second kappa shape index (κ2) is 9.75. The van der Waals surface area contributed by atoms with Gasteiger partial charge in [0.15, 0.2) is 0 Å². The van der Waals surface area contributed by atoms with Gasteiger partial charge in [-0.1, -0.05) is 45.6 Å². The van der Waals surface area contributed by atoms with Gasteiger partial charge in [-0.25, -0.2) is 0 Å². The van der Waals surface area contributed by atoms with Gasteiger partial charge < -0.3 is 4.74 Å². The van der Waals surface area contributed by atoms with E-state index in [0.29, 0.717) is 0 Å². The number of rotatable bonds is 8. The molecule has 0 unspecified atom stereocenters. The molecule has 0 N–H and O–H groups in total. The first kappa shape index (κ1) is 18.9. The van der Waals surface area contributed by atoms with Gasteiger partial charge in [-0.3, -0.25) is 4.98 Å².